The van der Waals surface area contributed by atoms with Crippen LogP contribution in [0.2, 0.25) is 0 Å². The first-order valence-electron chi connectivity index (χ1n) is 11.1. The molecule has 0 unspecified atom stereocenters. The number of halogens is 1. The molecular weight excluding hydrogens is 492 g/mol. The topological polar surface area (TPSA) is 75.7 Å². The van der Waals surface area contributed by atoms with Gasteiger partial charge in [0.05, 0.1) is 4.90 Å². The highest BCUT2D eigenvalue weighted by Crippen LogP contribution is 2.28. The van der Waals surface area contributed by atoms with E-state index in [-0.39, 0.29) is 17.4 Å². The van der Waals surface area contributed by atoms with E-state index in [0.29, 0.717) is 24.8 Å². The number of benzene rings is 2. The van der Waals surface area contributed by atoms with Gasteiger partial charge in [0, 0.05) is 23.2 Å². The number of amides is 1. The zero-order valence-electron chi connectivity index (χ0n) is 18.9. The Morgan fingerprint density at radius 2 is 1.66 bits per heavy atom. The average Bonchev–Trinajstić information content (AvgIpc) is 2.79. The summed E-state index contributed by atoms with van der Waals surface area (Å²) in [6.45, 7) is 7.20. The van der Waals surface area contributed by atoms with Crippen LogP contribution in [0.5, 0.6) is 5.75 Å². The number of ether oxygens (including phenoxy) is 1. The molecular formula is C24H31BrN2O4S. The summed E-state index contributed by atoms with van der Waals surface area (Å²) in [4.78, 5) is 12.8. The van der Waals surface area contributed by atoms with Crippen LogP contribution in [0.15, 0.2) is 45.8 Å². The van der Waals surface area contributed by atoms with Crippen LogP contribution < -0.4 is 10.1 Å². The number of nitrogens with zero attached hydrogens (tertiary/aromatic N) is 1. The molecule has 174 valence electrons. The predicted octanol–water partition coefficient (Wildman–Crippen LogP) is 5.01. The minimum Gasteiger partial charge on any atom is -0.484 e. The van der Waals surface area contributed by atoms with Crippen molar-refractivity contribution in [3.63, 3.8) is 0 Å². The average molecular weight is 523 g/mol. The molecule has 0 spiro atoms. The Bertz CT molecular complexity index is 1020. The van der Waals surface area contributed by atoms with E-state index >= 15 is 0 Å². The molecule has 1 heterocycles. The fraction of sp³-hybridized carbons (Fsp3) is 0.458. The van der Waals surface area contributed by atoms with Gasteiger partial charge in [0.25, 0.3) is 5.91 Å². The van der Waals surface area contributed by atoms with E-state index in [1.165, 1.54) is 0 Å². The number of rotatable bonds is 8. The van der Waals surface area contributed by atoms with Gasteiger partial charge in [-0.25, -0.2) is 8.42 Å². The highest BCUT2D eigenvalue weighted by atomic mass is 79.9. The van der Waals surface area contributed by atoms with Crippen molar-refractivity contribution in [1.82, 2.24) is 4.31 Å². The van der Waals surface area contributed by atoms with Gasteiger partial charge in [-0.3, -0.25) is 4.79 Å². The SMILES string of the molecule is CCc1cc(Br)cc(CC)c1NC(=O)COc1ccc(S(=O)(=O)N2CCC(C)CC2)cc1. The highest BCUT2D eigenvalue weighted by Gasteiger charge is 2.28. The monoisotopic (exact) mass is 522 g/mol. The largest absolute Gasteiger partial charge is 0.484 e. The van der Waals surface area contributed by atoms with Gasteiger partial charge in [-0.15, -0.1) is 0 Å². The molecule has 32 heavy (non-hydrogen) atoms. The third-order valence-electron chi connectivity index (χ3n) is 5.87. The molecule has 1 N–H and O–H groups in total. The molecule has 1 aliphatic rings. The molecule has 8 heteroatoms. The molecule has 3 rings (SSSR count). The number of aryl methyl sites for hydroxylation is 2. The van der Waals surface area contributed by atoms with Crippen LogP contribution in [-0.2, 0) is 27.7 Å². The van der Waals surface area contributed by atoms with E-state index in [4.69, 9.17) is 4.74 Å². The van der Waals surface area contributed by atoms with Gasteiger partial charge in [-0.2, -0.15) is 4.31 Å². The second-order valence-corrected chi connectivity index (χ2v) is 11.1. The zero-order valence-corrected chi connectivity index (χ0v) is 21.3. The first-order valence-corrected chi connectivity index (χ1v) is 13.3. The van der Waals surface area contributed by atoms with E-state index in [1.54, 1.807) is 28.6 Å². The molecule has 0 bridgehead atoms. The number of sulfonamides is 1. The van der Waals surface area contributed by atoms with Crippen LogP contribution in [-0.4, -0.2) is 38.3 Å². The van der Waals surface area contributed by atoms with Crippen molar-refractivity contribution in [3.8, 4) is 5.75 Å². The molecule has 6 nitrogen and oxygen atoms in total. The Hall–Kier alpha value is -1.90. The molecule has 2 aromatic rings. The maximum absolute atomic E-state index is 12.8. The van der Waals surface area contributed by atoms with E-state index in [9.17, 15) is 13.2 Å². The summed E-state index contributed by atoms with van der Waals surface area (Å²) >= 11 is 3.52. The minimum atomic E-state index is -3.50. The van der Waals surface area contributed by atoms with E-state index in [0.717, 1.165) is 47.0 Å². The Morgan fingerprint density at radius 1 is 1.09 bits per heavy atom. The normalized spacial score (nSPS) is 15.5. The maximum atomic E-state index is 12.8. The predicted molar refractivity (Wildman–Crippen MR) is 131 cm³/mol. The van der Waals surface area contributed by atoms with Crippen LogP contribution in [0.4, 0.5) is 5.69 Å². The number of piperidine rings is 1. The van der Waals surface area contributed by atoms with Gasteiger partial charge < -0.3 is 10.1 Å². The third-order valence-corrected chi connectivity index (χ3v) is 8.24. The van der Waals surface area contributed by atoms with Crippen molar-refractivity contribution in [2.24, 2.45) is 5.92 Å². The van der Waals surface area contributed by atoms with Gasteiger partial charge in [-0.05, 0) is 79.1 Å². The number of hydrogen-bond acceptors (Lipinski definition) is 4. The second kappa shape index (κ2) is 10.8. The Morgan fingerprint density at radius 3 is 2.19 bits per heavy atom. The lowest BCUT2D eigenvalue weighted by atomic mass is 10.0. The van der Waals surface area contributed by atoms with Crippen LogP contribution >= 0.6 is 15.9 Å². The van der Waals surface area contributed by atoms with Crippen LogP contribution in [0.25, 0.3) is 0 Å². The van der Waals surface area contributed by atoms with Crippen LogP contribution in [0, 0.1) is 5.92 Å². The van der Waals surface area contributed by atoms with Crippen LogP contribution in [0.1, 0.15) is 44.7 Å². The molecule has 1 amide bonds. The lowest BCUT2D eigenvalue weighted by Crippen LogP contribution is -2.37. The second-order valence-electron chi connectivity index (χ2n) is 8.20. The van der Waals surface area contributed by atoms with Crippen molar-refractivity contribution < 1.29 is 17.9 Å². The van der Waals surface area contributed by atoms with Crippen molar-refractivity contribution in [2.45, 2.75) is 51.3 Å². The maximum Gasteiger partial charge on any atom is 0.262 e. The first-order chi connectivity index (χ1) is 15.2. The van der Waals surface area contributed by atoms with Gasteiger partial charge in [0.2, 0.25) is 10.0 Å². The van der Waals surface area contributed by atoms with Crippen molar-refractivity contribution in [3.05, 3.63) is 52.0 Å². The number of anilines is 1. The molecule has 2 aromatic carbocycles. The quantitative estimate of drug-likeness (QED) is 0.528. The molecule has 1 aliphatic heterocycles. The highest BCUT2D eigenvalue weighted by molar-refractivity contribution is 9.10. The fourth-order valence-corrected chi connectivity index (χ4v) is 5.87. The summed E-state index contributed by atoms with van der Waals surface area (Å²) in [5, 5.41) is 2.97. The van der Waals surface area contributed by atoms with Gasteiger partial charge in [-0.1, -0.05) is 36.7 Å². The summed E-state index contributed by atoms with van der Waals surface area (Å²) in [6, 6.07) is 10.3. The molecule has 1 fully saturated rings. The lowest BCUT2D eigenvalue weighted by Gasteiger charge is -2.29. The Labute approximate surface area is 199 Å². The standard InChI is InChI=1S/C24H31BrN2O4S/c1-4-18-14-20(25)15-19(5-2)24(18)26-23(28)16-31-21-6-8-22(9-7-21)32(29,30)27-12-10-17(3)11-13-27/h6-9,14-15,17H,4-5,10-13,16H2,1-3H3,(H,26,28). The smallest absolute Gasteiger partial charge is 0.262 e. The number of hydrogen-bond donors (Lipinski definition) is 1. The number of carbonyl (C=O) groups excluding carboxylic acids is 1. The van der Waals surface area contributed by atoms with Crippen molar-refractivity contribution in [2.75, 3.05) is 25.0 Å². The van der Waals surface area contributed by atoms with Crippen molar-refractivity contribution >= 4 is 37.5 Å². The van der Waals surface area contributed by atoms with Crippen molar-refractivity contribution in [1.29, 1.82) is 0 Å². The minimum absolute atomic E-state index is 0.154. The molecule has 0 saturated carbocycles. The summed E-state index contributed by atoms with van der Waals surface area (Å²) in [5.74, 6) is 0.757. The van der Waals surface area contributed by atoms with E-state index < -0.39 is 10.0 Å². The first kappa shape index (κ1) is 24.7. The molecule has 0 aliphatic carbocycles. The number of nitrogens with one attached hydrogen (secondary N) is 1. The third kappa shape index (κ3) is 5.91. The summed E-state index contributed by atoms with van der Waals surface area (Å²) in [5.41, 5.74) is 2.96. The summed E-state index contributed by atoms with van der Waals surface area (Å²) in [7, 11) is -3.50. The van der Waals surface area contributed by atoms with E-state index in [1.807, 2.05) is 26.0 Å². The van der Waals surface area contributed by atoms with Crippen LogP contribution in [0.3, 0.4) is 0 Å². The Balaban J connectivity index is 1.62. The Kier molecular flexibility index (Phi) is 8.36. The number of carbonyl (C=O) groups is 1. The zero-order chi connectivity index (χ0) is 23.3. The van der Waals surface area contributed by atoms with Gasteiger partial charge in [0.15, 0.2) is 6.61 Å². The molecule has 0 aromatic heterocycles. The summed E-state index contributed by atoms with van der Waals surface area (Å²) in [6.07, 6.45) is 3.37. The summed E-state index contributed by atoms with van der Waals surface area (Å²) < 4.78 is 33.8. The molecule has 0 radical (unpaired) electrons. The van der Waals surface area contributed by atoms with Gasteiger partial charge in [0.1, 0.15) is 5.75 Å². The lowest BCUT2D eigenvalue weighted by molar-refractivity contribution is -0.118. The molecule has 0 atom stereocenters. The fourth-order valence-electron chi connectivity index (χ4n) is 3.85. The van der Waals surface area contributed by atoms with E-state index in [2.05, 4.69) is 28.2 Å². The molecule has 1 saturated heterocycles. The van der Waals surface area contributed by atoms with Gasteiger partial charge >= 0.3 is 0 Å².